The van der Waals surface area contributed by atoms with E-state index in [2.05, 4.69) is 78.2 Å². The van der Waals surface area contributed by atoms with Crippen LogP contribution in [0.3, 0.4) is 0 Å². The van der Waals surface area contributed by atoms with Gasteiger partial charge in [-0.2, -0.15) is 0 Å². The van der Waals surface area contributed by atoms with Crippen molar-refractivity contribution < 1.29 is 18.9 Å². The average Bonchev–Trinajstić information content (AvgIpc) is 3.35. The van der Waals surface area contributed by atoms with Crippen molar-refractivity contribution in [1.29, 1.82) is 0 Å². The second kappa shape index (κ2) is 11.6. The summed E-state index contributed by atoms with van der Waals surface area (Å²) in [4.78, 5) is 2.60. The molecule has 2 saturated heterocycles. The number of rotatable bonds is 10. The summed E-state index contributed by atoms with van der Waals surface area (Å²) in [5.74, 6) is 1.10. The monoisotopic (exact) mass is 525 g/mol. The minimum Gasteiger partial charge on any atom is -0.497 e. The maximum absolute atomic E-state index is 6.91. The zero-order chi connectivity index (χ0) is 26.7. The van der Waals surface area contributed by atoms with Gasteiger partial charge in [0.15, 0.2) is 0 Å². The van der Waals surface area contributed by atoms with E-state index in [-0.39, 0.29) is 36.0 Å². The van der Waals surface area contributed by atoms with E-state index in [4.69, 9.17) is 18.9 Å². The molecule has 2 aliphatic heterocycles. The van der Waals surface area contributed by atoms with E-state index in [9.17, 15) is 0 Å². The molecule has 1 saturated carbocycles. The third kappa shape index (κ3) is 5.55. The first-order valence-corrected chi connectivity index (χ1v) is 14.2. The molecule has 1 unspecified atom stereocenters. The highest BCUT2D eigenvalue weighted by molar-refractivity contribution is 5.28. The lowest BCUT2D eigenvalue weighted by molar-refractivity contribution is -0.243. The van der Waals surface area contributed by atoms with Crippen LogP contribution < -0.4 is 4.74 Å². The second-order valence-corrected chi connectivity index (χ2v) is 11.1. The summed E-state index contributed by atoms with van der Waals surface area (Å²) in [6, 6.07) is 29.6. The Kier molecular flexibility index (Phi) is 7.85. The molecule has 3 aliphatic rings. The van der Waals surface area contributed by atoms with Crippen LogP contribution in [0.25, 0.3) is 0 Å². The molecular formula is C34H39NO4. The van der Waals surface area contributed by atoms with Crippen molar-refractivity contribution in [3.8, 4) is 5.75 Å². The van der Waals surface area contributed by atoms with E-state index < -0.39 is 0 Å². The van der Waals surface area contributed by atoms with Crippen molar-refractivity contribution in [3.63, 3.8) is 0 Å². The molecule has 3 aromatic rings. The van der Waals surface area contributed by atoms with Gasteiger partial charge < -0.3 is 18.9 Å². The molecule has 0 aromatic heterocycles. The Labute approximate surface area is 232 Å². The van der Waals surface area contributed by atoms with Crippen LogP contribution in [-0.4, -0.2) is 48.6 Å². The molecule has 1 aliphatic carbocycles. The lowest BCUT2D eigenvalue weighted by Crippen LogP contribution is -2.67. The summed E-state index contributed by atoms with van der Waals surface area (Å²) in [7, 11) is 1.71. The van der Waals surface area contributed by atoms with Gasteiger partial charge in [-0.05, 0) is 54.5 Å². The van der Waals surface area contributed by atoms with Crippen molar-refractivity contribution in [3.05, 3.63) is 114 Å². The number of ether oxygens (including phenoxy) is 4. The minimum absolute atomic E-state index is 0.00803. The highest BCUT2D eigenvalue weighted by Gasteiger charge is 2.60. The van der Waals surface area contributed by atoms with Gasteiger partial charge in [-0.1, -0.05) is 78.9 Å². The molecule has 2 bridgehead atoms. The van der Waals surface area contributed by atoms with Crippen LogP contribution in [0.5, 0.6) is 5.75 Å². The van der Waals surface area contributed by atoms with Crippen molar-refractivity contribution >= 4 is 0 Å². The first-order valence-electron chi connectivity index (χ1n) is 14.2. The van der Waals surface area contributed by atoms with Gasteiger partial charge >= 0.3 is 0 Å². The molecule has 6 rings (SSSR count). The Morgan fingerprint density at radius 2 is 1.56 bits per heavy atom. The zero-order valence-electron chi connectivity index (χ0n) is 22.8. The quantitative estimate of drug-likeness (QED) is 0.296. The molecule has 0 amide bonds. The molecule has 5 heteroatoms. The van der Waals surface area contributed by atoms with Crippen LogP contribution in [0.4, 0.5) is 0 Å². The number of fused-ring (bicyclic) bond motifs is 1. The Morgan fingerprint density at radius 3 is 2.21 bits per heavy atom. The third-order valence-corrected chi connectivity index (χ3v) is 8.78. The van der Waals surface area contributed by atoms with Gasteiger partial charge in [0, 0.05) is 18.5 Å². The molecule has 2 heterocycles. The van der Waals surface area contributed by atoms with Gasteiger partial charge in [0.2, 0.25) is 0 Å². The van der Waals surface area contributed by atoms with Crippen LogP contribution >= 0.6 is 0 Å². The first-order chi connectivity index (χ1) is 19.2. The molecule has 6 atom stereocenters. The maximum Gasteiger partial charge on any atom is 0.123 e. The lowest BCUT2D eigenvalue weighted by atomic mass is 9.70. The predicted octanol–water partition coefficient (Wildman–Crippen LogP) is 6.17. The van der Waals surface area contributed by atoms with Crippen LogP contribution in [0.2, 0.25) is 0 Å². The smallest absolute Gasteiger partial charge is 0.123 e. The van der Waals surface area contributed by atoms with E-state index in [0.29, 0.717) is 13.2 Å². The number of methoxy groups -OCH3 is 1. The topological polar surface area (TPSA) is 40.2 Å². The highest BCUT2D eigenvalue weighted by Crippen LogP contribution is 2.52. The van der Waals surface area contributed by atoms with Gasteiger partial charge in [0.1, 0.15) is 11.5 Å². The Bertz CT molecular complexity index is 1220. The Balaban J connectivity index is 1.31. The molecular weight excluding hydrogens is 486 g/mol. The van der Waals surface area contributed by atoms with Crippen molar-refractivity contribution in [2.75, 3.05) is 13.7 Å². The maximum atomic E-state index is 6.91. The Hall–Kier alpha value is -2.96. The van der Waals surface area contributed by atoms with Crippen LogP contribution in [0.15, 0.2) is 97.6 Å². The fraction of sp³-hybridized carbons (Fsp3) is 0.412. The summed E-state index contributed by atoms with van der Waals surface area (Å²) < 4.78 is 25.8. The number of hydrogen-bond donors (Lipinski definition) is 0. The van der Waals surface area contributed by atoms with Crippen molar-refractivity contribution in [1.82, 2.24) is 4.90 Å². The minimum atomic E-state index is -0.292. The highest BCUT2D eigenvalue weighted by atomic mass is 16.5. The summed E-state index contributed by atoms with van der Waals surface area (Å²) in [5, 5.41) is 0. The van der Waals surface area contributed by atoms with Crippen molar-refractivity contribution in [2.24, 2.45) is 5.92 Å². The summed E-state index contributed by atoms with van der Waals surface area (Å²) >= 11 is 0. The predicted molar refractivity (Wildman–Crippen MR) is 152 cm³/mol. The second-order valence-electron chi connectivity index (χ2n) is 11.1. The summed E-state index contributed by atoms with van der Waals surface area (Å²) in [6.45, 7) is 6.12. The molecule has 0 N–H and O–H groups in total. The van der Waals surface area contributed by atoms with Gasteiger partial charge in [-0.25, -0.2) is 0 Å². The molecule has 3 aromatic carbocycles. The van der Waals surface area contributed by atoms with Crippen LogP contribution in [0, 0.1) is 5.92 Å². The fourth-order valence-electron chi connectivity index (χ4n) is 6.86. The van der Waals surface area contributed by atoms with Gasteiger partial charge in [-0.15, -0.1) is 6.58 Å². The third-order valence-electron chi connectivity index (χ3n) is 8.78. The SMILES string of the molecule is C=CC1CN2[C@H](Cc3ccc(OC)cc3)[C@@H](OCc3ccccc3)[C@H]3C[C@@]2(CC[C@@H]3OCc2ccccc2)O1. The number of piperidine rings is 1. The van der Waals surface area contributed by atoms with Gasteiger partial charge in [-0.3, -0.25) is 4.90 Å². The van der Waals surface area contributed by atoms with E-state index in [1.165, 1.54) is 16.7 Å². The summed E-state index contributed by atoms with van der Waals surface area (Å²) in [6.07, 6.45) is 5.81. The zero-order valence-corrected chi connectivity index (χ0v) is 22.8. The molecule has 0 radical (unpaired) electrons. The number of nitrogens with zero attached hydrogens (tertiary/aromatic N) is 1. The summed E-state index contributed by atoms with van der Waals surface area (Å²) in [5.41, 5.74) is 3.38. The molecule has 204 valence electrons. The van der Waals surface area contributed by atoms with Crippen LogP contribution in [-0.2, 0) is 33.8 Å². The van der Waals surface area contributed by atoms with E-state index in [0.717, 1.165) is 38.0 Å². The standard InChI is InChI=1S/C34H39NO4/c1-3-28-22-35-31(20-25-14-16-29(36-2)17-15-25)33(38-24-27-12-8-5-9-13-27)30-21-34(35,39-28)19-18-32(30)37-23-26-10-6-4-7-11-26/h3-17,28,30-33H,1,18-24H2,2H3/t28?,30-,31+,32-,33-,34+/m0/s1. The van der Waals surface area contributed by atoms with Crippen LogP contribution in [0.1, 0.15) is 36.0 Å². The van der Waals surface area contributed by atoms with E-state index >= 15 is 0 Å². The Morgan fingerprint density at radius 1 is 0.897 bits per heavy atom. The molecule has 5 nitrogen and oxygen atoms in total. The average molecular weight is 526 g/mol. The fourth-order valence-corrected chi connectivity index (χ4v) is 6.86. The molecule has 39 heavy (non-hydrogen) atoms. The normalized spacial score (nSPS) is 30.0. The van der Waals surface area contributed by atoms with E-state index in [1.807, 2.05) is 24.3 Å². The molecule has 3 fully saturated rings. The molecule has 1 spiro atoms. The van der Waals surface area contributed by atoms with Crippen molar-refractivity contribution in [2.45, 2.75) is 69.0 Å². The lowest BCUT2D eigenvalue weighted by Gasteiger charge is -2.57. The van der Waals surface area contributed by atoms with E-state index in [1.54, 1.807) is 7.11 Å². The number of hydrogen-bond acceptors (Lipinski definition) is 5. The largest absolute Gasteiger partial charge is 0.497 e. The van der Waals surface area contributed by atoms with Gasteiger partial charge in [0.25, 0.3) is 0 Å². The number of benzene rings is 3. The van der Waals surface area contributed by atoms with Gasteiger partial charge in [0.05, 0.1) is 38.6 Å². The first kappa shape index (κ1) is 26.3.